The average Bonchev–Trinajstić information content (AvgIpc) is 3.37. The second-order valence-corrected chi connectivity index (χ2v) is 11.7. The summed E-state index contributed by atoms with van der Waals surface area (Å²) in [5.74, 6) is 0.238. The highest BCUT2D eigenvalue weighted by atomic mass is 79.9. The molecule has 3 heterocycles. The topological polar surface area (TPSA) is 56.9 Å². The zero-order valence-corrected chi connectivity index (χ0v) is 23.0. The monoisotopic (exact) mass is 567 g/mol. The van der Waals surface area contributed by atoms with Gasteiger partial charge < -0.3 is 4.57 Å². The van der Waals surface area contributed by atoms with Gasteiger partial charge in [-0.15, -0.1) is 17.9 Å². The molecule has 0 unspecified atom stereocenters. The Bertz CT molecular complexity index is 1510. The van der Waals surface area contributed by atoms with Gasteiger partial charge in [0.2, 0.25) is 0 Å². The van der Waals surface area contributed by atoms with Crippen molar-refractivity contribution in [3.05, 3.63) is 85.2 Å². The number of Topliss-reactive ketones (excluding diaryl/α,β-unsaturated/α-hetero) is 1. The van der Waals surface area contributed by atoms with Crippen LogP contribution in [0.1, 0.15) is 45.0 Å². The van der Waals surface area contributed by atoms with E-state index in [9.17, 15) is 9.59 Å². The fourth-order valence-electron chi connectivity index (χ4n) is 4.86. The number of rotatable bonds is 7. The molecular formula is C27H26BrN3O2S2. The van der Waals surface area contributed by atoms with Crippen LogP contribution in [0.3, 0.4) is 0 Å². The van der Waals surface area contributed by atoms with E-state index in [1.807, 2.05) is 44.2 Å². The molecule has 0 aliphatic heterocycles. The van der Waals surface area contributed by atoms with Crippen molar-refractivity contribution >= 4 is 55.0 Å². The summed E-state index contributed by atoms with van der Waals surface area (Å²) in [6.45, 7) is 8.19. The Kier molecular flexibility index (Phi) is 6.88. The minimum atomic E-state index is -0.0161. The van der Waals surface area contributed by atoms with Crippen molar-refractivity contribution in [2.24, 2.45) is 0 Å². The summed E-state index contributed by atoms with van der Waals surface area (Å²) in [4.78, 5) is 33.7. The number of carbonyl (C=O) groups is 1. The number of hydrogen-bond acceptors (Lipinski definition) is 5. The van der Waals surface area contributed by atoms with Crippen LogP contribution in [0.4, 0.5) is 0 Å². The third-order valence-electron chi connectivity index (χ3n) is 6.50. The zero-order chi connectivity index (χ0) is 24.7. The Morgan fingerprint density at radius 1 is 1.23 bits per heavy atom. The van der Waals surface area contributed by atoms with Crippen LogP contribution < -0.4 is 5.56 Å². The van der Waals surface area contributed by atoms with Crippen LogP contribution in [0, 0.1) is 13.8 Å². The van der Waals surface area contributed by atoms with E-state index in [1.54, 1.807) is 22.0 Å². The second kappa shape index (κ2) is 9.91. The molecule has 4 aromatic rings. The predicted molar refractivity (Wildman–Crippen MR) is 149 cm³/mol. The molecule has 5 nitrogen and oxygen atoms in total. The van der Waals surface area contributed by atoms with Gasteiger partial charge in [0, 0.05) is 38.5 Å². The standard InChI is InChI=1S/C27H26BrN3O2S2/c1-4-13-30-26(33)24-20-7-5-6-8-23(20)35-25(24)29-27(30)34-15-22(32)21-14-16(2)31(17(21)3)19-11-9-18(28)10-12-19/h4,9-12,14H,1,5-8,13,15H2,2-3H3. The first-order chi connectivity index (χ1) is 16.9. The SMILES string of the molecule is C=CCn1c(SCC(=O)c2cc(C)n(-c3ccc(Br)cc3)c2C)nc2sc3c(c2c1=O)CCCC3. The molecule has 0 atom stereocenters. The van der Waals surface area contributed by atoms with Gasteiger partial charge in [-0.25, -0.2) is 4.98 Å². The lowest BCUT2D eigenvalue weighted by Crippen LogP contribution is -2.23. The third-order valence-corrected chi connectivity index (χ3v) is 9.19. The molecule has 5 rings (SSSR count). The number of halogens is 1. The Morgan fingerprint density at radius 3 is 2.71 bits per heavy atom. The third kappa shape index (κ3) is 4.47. The summed E-state index contributed by atoms with van der Waals surface area (Å²) in [5, 5.41) is 1.34. The molecule has 0 saturated heterocycles. The maximum absolute atomic E-state index is 13.4. The second-order valence-electron chi connectivity index (χ2n) is 8.80. The lowest BCUT2D eigenvalue weighted by molar-refractivity contribution is 0.102. The van der Waals surface area contributed by atoms with Crippen LogP contribution in [0.25, 0.3) is 15.9 Å². The van der Waals surface area contributed by atoms with E-state index < -0.39 is 0 Å². The van der Waals surface area contributed by atoms with Crippen molar-refractivity contribution in [1.29, 1.82) is 0 Å². The molecule has 0 bridgehead atoms. The Hall–Kier alpha value is -2.42. The summed E-state index contributed by atoms with van der Waals surface area (Å²) in [6.07, 6.45) is 5.95. The molecule has 180 valence electrons. The fraction of sp³-hybridized carbons (Fsp3) is 0.296. The van der Waals surface area contributed by atoms with Crippen LogP contribution in [0.2, 0.25) is 0 Å². The van der Waals surface area contributed by atoms with Crippen molar-refractivity contribution in [3.8, 4) is 5.69 Å². The van der Waals surface area contributed by atoms with Gasteiger partial charge in [0.15, 0.2) is 10.9 Å². The maximum atomic E-state index is 13.4. The van der Waals surface area contributed by atoms with E-state index >= 15 is 0 Å². The van der Waals surface area contributed by atoms with Gasteiger partial charge >= 0.3 is 0 Å². The number of aromatic nitrogens is 3. The normalized spacial score (nSPS) is 13.2. The van der Waals surface area contributed by atoms with Crippen LogP contribution >= 0.6 is 39.0 Å². The summed E-state index contributed by atoms with van der Waals surface area (Å²) in [6, 6.07) is 9.99. The van der Waals surface area contributed by atoms with Gasteiger partial charge in [0.25, 0.3) is 5.56 Å². The molecule has 0 amide bonds. The van der Waals surface area contributed by atoms with Crippen LogP contribution in [-0.2, 0) is 19.4 Å². The highest BCUT2D eigenvalue weighted by Gasteiger charge is 2.23. The Labute approximate surface area is 221 Å². The molecule has 1 aliphatic rings. The molecule has 8 heteroatoms. The van der Waals surface area contributed by atoms with Gasteiger partial charge in [-0.05, 0) is 75.4 Å². The van der Waals surface area contributed by atoms with Crippen LogP contribution in [-0.4, -0.2) is 25.7 Å². The molecule has 1 aromatic carbocycles. The first-order valence-corrected chi connectivity index (χ1v) is 14.3. The van der Waals surface area contributed by atoms with Gasteiger partial charge in [-0.1, -0.05) is 33.8 Å². The van der Waals surface area contributed by atoms with Crippen LogP contribution in [0.5, 0.6) is 0 Å². The number of allylic oxidation sites excluding steroid dienone is 1. The molecule has 0 saturated carbocycles. The van der Waals surface area contributed by atoms with Gasteiger partial charge in [-0.3, -0.25) is 14.2 Å². The molecule has 0 radical (unpaired) electrons. The average molecular weight is 569 g/mol. The molecule has 35 heavy (non-hydrogen) atoms. The van der Waals surface area contributed by atoms with Crippen molar-refractivity contribution in [3.63, 3.8) is 0 Å². The smallest absolute Gasteiger partial charge is 0.263 e. The van der Waals surface area contributed by atoms with Gasteiger partial charge in [0.1, 0.15) is 4.83 Å². The van der Waals surface area contributed by atoms with Crippen molar-refractivity contribution in [2.75, 3.05) is 5.75 Å². The zero-order valence-electron chi connectivity index (χ0n) is 19.8. The number of nitrogens with zero attached hydrogens (tertiary/aromatic N) is 3. The number of ketones is 1. The first kappa shape index (κ1) is 24.3. The highest BCUT2D eigenvalue weighted by molar-refractivity contribution is 9.10. The summed E-state index contributed by atoms with van der Waals surface area (Å²) in [5.41, 5.74) is 4.79. The van der Waals surface area contributed by atoms with Crippen LogP contribution in [0.15, 0.2) is 57.4 Å². The van der Waals surface area contributed by atoms with E-state index in [-0.39, 0.29) is 17.1 Å². The van der Waals surface area contributed by atoms with E-state index in [0.29, 0.717) is 17.3 Å². The number of aryl methyl sites for hydroxylation is 3. The minimum absolute atomic E-state index is 0.0161. The largest absolute Gasteiger partial charge is 0.318 e. The van der Waals surface area contributed by atoms with E-state index in [0.717, 1.165) is 57.4 Å². The van der Waals surface area contributed by atoms with Crippen molar-refractivity contribution < 1.29 is 4.79 Å². The van der Waals surface area contributed by atoms with Crippen molar-refractivity contribution in [2.45, 2.75) is 51.2 Å². The van der Waals surface area contributed by atoms with Gasteiger partial charge in [0.05, 0.1) is 11.1 Å². The number of fused-ring (bicyclic) bond motifs is 3. The molecule has 0 spiro atoms. The van der Waals surface area contributed by atoms with Gasteiger partial charge in [-0.2, -0.15) is 0 Å². The number of benzene rings is 1. The lowest BCUT2D eigenvalue weighted by atomic mass is 9.97. The first-order valence-electron chi connectivity index (χ1n) is 11.7. The van der Waals surface area contributed by atoms with Crippen molar-refractivity contribution in [1.82, 2.24) is 14.1 Å². The highest BCUT2D eigenvalue weighted by Crippen LogP contribution is 2.35. The molecule has 1 aliphatic carbocycles. The molecule has 3 aromatic heterocycles. The van der Waals surface area contributed by atoms with E-state index in [2.05, 4.69) is 27.1 Å². The number of carbonyl (C=O) groups excluding carboxylic acids is 1. The van der Waals surface area contributed by atoms with E-state index in [1.165, 1.54) is 22.2 Å². The van der Waals surface area contributed by atoms with E-state index in [4.69, 9.17) is 4.98 Å². The molecular weight excluding hydrogens is 542 g/mol. The fourth-order valence-corrected chi connectivity index (χ4v) is 7.32. The predicted octanol–water partition coefficient (Wildman–Crippen LogP) is 6.67. The summed E-state index contributed by atoms with van der Waals surface area (Å²) >= 11 is 6.45. The number of hydrogen-bond donors (Lipinski definition) is 0. The minimum Gasteiger partial charge on any atom is -0.318 e. The number of thioether (sulfide) groups is 1. The summed E-state index contributed by atoms with van der Waals surface area (Å²) in [7, 11) is 0. The quantitative estimate of drug-likeness (QED) is 0.108. The molecule has 0 fully saturated rings. The maximum Gasteiger partial charge on any atom is 0.263 e. The lowest BCUT2D eigenvalue weighted by Gasteiger charge is -2.12. The number of thiophene rings is 1. The molecule has 0 N–H and O–H groups in total. The summed E-state index contributed by atoms with van der Waals surface area (Å²) < 4.78 is 4.77. The Balaban J connectivity index is 1.45. The Morgan fingerprint density at radius 2 is 1.97 bits per heavy atom.